The Balaban J connectivity index is 1.44. The number of Topliss-reactive ketones (excluding diaryl/α,β-unsaturated/α-hetero) is 1. The Morgan fingerprint density at radius 1 is 0.933 bits per heavy atom. The van der Waals surface area contributed by atoms with Crippen molar-refractivity contribution in [2.75, 3.05) is 19.8 Å². The quantitative estimate of drug-likeness (QED) is 0.165. The highest BCUT2D eigenvalue weighted by Gasteiger charge is 2.70. The van der Waals surface area contributed by atoms with E-state index in [4.69, 9.17) is 15.2 Å². The van der Waals surface area contributed by atoms with E-state index < -0.39 is 65.3 Å². The SMILES string of the molecule is CC(C)[C@@H](COC(=O)OCC1CC1)NC(=O)N[C@H](C(=O)N1C[C@H]2[C@@H]([C@H]1C(=O)NC(CC1CC1)C(=O)C(N)=O)C2(C)C)C(C)(C)C. The second kappa shape index (κ2) is 13.2. The first-order valence-electron chi connectivity index (χ1n) is 16.2. The second-order valence-corrected chi connectivity index (χ2v) is 15.4. The van der Waals surface area contributed by atoms with E-state index in [1.54, 1.807) is 0 Å². The first-order chi connectivity index (χ1) is 20.9. The lowest BCUT2D eigenvalue weighted by Crippen LogP contribution is -2.62. The number of nitrogens with zero attached hydrogens (tertiary/aromatic N) is 1. The summed E-state index contributed by atoms with van der Waals surface area (Å²) in [5.41, 5.74) is 4.36. The maximum atomic E-state index is 14.2. The van der Waals surface area contributed by atoms with E-state index in [2.05, 4.69) is 16.0 Å². The Kier molecular flexibility index (Phi) is 10.1. The number of rotatable bonds is 14. The third-order valence-corrected chi connectivity index (χ3v) is 9.93. The molecule has 4 fully saturated rings. The van der Waals surface area contributed by atoms with Gasteiger partial charge in [-0.15, -0.1) is 0 Å². The highest BCUT2D eigenvalue weighted by atomic mass is 16.7. The molecule has 1 saturated heterocycles. The van der Waals surface area contributed by atoms with E-state index in [0.29, 0.717) is 25.5 Å². The largest absolute Gasteiger partial charge is 0.508 e. The number of ketones is 1. The molecule has 1 aliphatic heterocycles. The van der Waals surface area contributed by atoms with Gasteiger partial charge in [0.2, 0.25) is 17.6 Å². The Morgan fingerprint density at radius 2 is 1.56 bits per heavy atom. The number of primary amides is 1. The van der Waals surface area contributed by atoms with Crippen LogP contribution >= 0.6 is 0 Å². The molecule has 13 nitrogen and oxygen atoms in total. The molecule has 0 aromatic carbocycles. The van der Waals surface area contributed by atoms with Crippen molar-refractivity contribution in [1.29, 1.82) is 0 Å². The van der Waals surface area contributed by atoms with Crippen LogP contribution in [0.5, 0.6) is 0 Å². The number of carbonyl (C=O) groups excluding carboxylic acids is 6. The Hall–Kier alpha value is -3.38. The number of ether oxygens (including phenoxy) is 2. The highest BCUT2D eigenvalue weighted by Crippen LogP contribution is 2.65. The lowest BCUT2D eigenvalue weighted by Gasteiger charge is -2.38. The van der Waals surface area contributed by atoms with Crippen molar-refractivity contribution in [3.8, 4) is 0 Å². The van der Waals surface area contributed by atoms with E-state index in [1.807, 2.05) is 48.5 Å². The molecule has 3 aliphatic carbocycles. The normalized spacial score (nSPS) is 25.3. The summed E-state index contributed by atoms with van der Waals surface area (Å²) in [5, 5.41) is 8.39. The molecule has 1 heterocycles. The van der Waals surface area contributed by atoms with Gasteiger partial charge in [-0.2, -0.15) is 0 Å². The summed E-state index contributed by atoms with van der Waals surface area (Å²) in [7, 11) is 0. The molecule has 0 aromatic heterocycles. The summed E-state index contributed by atoms with van der Waals surface area (Å²) in [4.78, 5) is 79.0. The summed E-state index contributed by atoms with van der Waals surface area (Å²) in [6.07, 6.45) is 3.45. The highest BCUT2D eigenvalue weighted by molar-refractivity contribution is 6.37. The van der Waals surface area contributed by atoms with Crippen LogP contribution < -0.4 is 21.7 Å². The molecule has 13 heteroatoms. The molecule has 45 heavy (non-hydrogen) atoms. The Morgan fingerprint density at radius 3 is 2.09 bits per heavy atom. The molecule has 4 aliphatic rings. The van der Waals surface area contributed by atoms with Gasteiger partial charge in [-0.05, 0) is 59.7 Å². The maximum absolute atomic E-state index is 14.2. The fourth-order valence-electron chi connectivity index (χ4n) is 6.39. The maximum Gasteiger partial charge on any atom is 0.508 e. The lowest BCUT2D eigenvalue weighted by atomic mass is 9.85. The number of fused-ring (bicyclic) bond motifs is 1. The fraction of sp³-hybridized carbons (Fsp3) is 0.812. The van der Waals surface area contributed by atoms with E-state index in [1.165, 1.54) is 4.90 Å². The van der Waals surface area contributed by atoms with Gasteiger partial charge < -0.3 is 36.1 Å². The van der Waals surface area contributed by atoms with Crippen LogP contribution in [0.15, 0.2) is 0 Å². The van der Waals surface area contributed by atoms with E-state index >= 15 is 0 Å². The van der Waals surface area contributed by atoms with Gasteiger partial charge in [-0.25, -0.2) is 9.59 Å². The zero-order chi connectivity index (χ0) is 33.4. The summed E-state index contributed by atoms with van der Waals surface area (Å²) < 4.78 is 10.3. The minimum Gasteiger partial charge on any atom is -0.434 e. The molecule has 5 N–H and O–H groups in total. The fourth-order valence-corrected chi connectivity index (χ4v) is 6.39. The van der Waals surface area contributed by atoms with Crippen LogP contribution in [0.1, 0.15) is 80.6 Å². The number of amides is 5. The summed E-state index contributed by atoms with van der Waals surface area (Å²) in [5.74, 6) is -2.38. The topological polar surface area (TPSA) is 186 Å². The van der Waals surface area contributed by atoms with Gasteiger partial charge in [-0.3, -0.25) is 19.2 Å². The van der Waals surface area contributed by atoms with Gasteiger partial charge in [0.05, 0.1) is 18.7 Å². The van der Waals surface area contributed by atoms with Crippen molar-refractivity contribution in [2.24, 2.45) is 46.2 Å². The van der Waals surface area contributed by atoms with Crippen LogP contribution in [-0.2, 0) is 28.7 Å². The minimum absolute atomic E-state index is 0.0718. The van der Waals surface area contributed by atoms with Gasteiger partial charge in [0.1, 0.15) is 18.7 Å². The van der Waals surface area contributed by atoms with Gasteiger partial charge in [0, 0.05) is 6.54 Å². The summed E-state index contributed by atoms with van der Waals surface area (Å²) in [6, 6.07) is -4.06. The molecule has 1 unspecified atom stereocenters. The molecule has 4 rings (SSSR count). The number of nitrogens with one attached hydrogen (secondary N) is 3. The molecule has 3 saturated carbocycles. The van der Waals surface area contributed by atoms with Crippen molar-refractivity contribution in [3.63, 3.8) is 0 Å². The predicted octanol–water partition coefficient (Wildman–Crippen LogP) is 2.11. The number of nitrogens with two attached hydrogens (primary N) is 1. The smallest absolute Gasteiger partial charge is 0.434 e. The third kappa shape index (κ3) is 8.46. The van der Waals surface area contributed by atoms with E-state index in [0.717, 1.165) is 25.7 Å². The van der Waals surface area contributed by atoms with Gasteiger partial charge in [0.25, 0.3) is 5.91 Å². The Bertz CT molecular complexity index is 1190. The van der Waals surface area contributed by atoms with E-state index in [-0.39, 0.29) is 35.7 Å². The number of likely N-dealkylation sites (tertiary alicyclic amines) is 1. The molecule has 0 bridgehead atoms. The van der Waals surface area contributed by atoms with Crippen LogP contribution in [0.4, 0.5) is 9.59 Å². The Labute approximate surface area is 265 Å². The van der Waals surface area contributed by atoms with Gasteiger partial charge >= 0.3 is 12.2 Å². The van der Waals surface area contributed by atoms with Crippen molar-refractivity contribution < 1.29 is 38.2 Å². The number of piperidine rings is 1. The molecule has 5 amide bonds. The zero-order valence-electron chi connectivity index (χ0n) is 27.6. The van der Waals surface area contributed by atoms with Crippen LogP contribution in [0, 0.1) is 40.4 Å². The average molecular weight is 634 g/mol. The predicted molar refractivity (Wildman–Crippen MR) is 163 cm³/mol. The minimum atomic E-state index is -1.10. The third-order valence-electron chi connectivity index (χ3n) is 9.93. The molecular weight excluding hydrogens is 582 g/mol. The number of hydrogen-bond donors (Lipinski definition) is 4. The van der Waals surface area contributed by atoms with E-state index in [9.17, 15) is 28.8 Å². The molecule has 0 spiro atoms. The van der Waals surface area contributed by atoms with Crippen LogP contribution in [0.25, 0.3) is 0 Å². The van der Waals surface area contributed by atoms with Crippen LogP contribution in [0.3, 0.4) is 0 Å². The molecular formula is C32H51N5O8. The molecule has 252 valence electrons. The average Bonchev–Trinajstić information content (AvgIpc) is 3.89. The number of hydrogen-bond acceptors (Lipinski definition) is 8. The van der Waals surface area contributed by atoms with Crippen molar-refractivity contribution >= 4 is 35.7 Å². The van der Waals surface area contributed by atoms with Crippen molar-refractivity contribution in [2.45, 2.75) is 105 Å². The zero-order valence-corrected chi connectivity index (χ0v) is 27.6. The molecule has 0 radical (unpaired) electrons. The lowest BCUT2D eigenvalue weighted by molar-refractivity contribution is -0.145. The number of carbonyl (C=O) groups is 6. The van der Waals surface area contributed by atoms with Crippen molar-refractivity contribution in [3.05, 3.63) is 0 Å². The standard InChI is InChI=1S/C32H51N5O8/c1-16(2)21(15-45-30(43)44-14-18-10-11-18)35-29(42)36-25(31(3,4)5)28(41)37-13-19-22(32(19,6)7)23(37)27(40)34-20(12-17-8-9-17)24(38)26(33)39/h16-23,25H,8-15H2,1-7H3,(H2,33,39)(H,34,40)(H2,35,36,42)/t19-,20?,21+,22-,23-,25+/m0/s1. The first-order valence-corrected chi connectivity index (χ1v) is 16.2. The monoisotopic (exact) mass is 633 g/mol. The van der Waals surface area contributed by atoms with Crippen LogP contribution in [0.2, 0.25) is 0 Å². The van der Waals surface area contributed by atoms with Crippen molar-refractivity contribution in [1.82, 2.24) is 20.9 Å². The second-order valence-electron chi connectivity index (χ2n) is 15.4. The molecule has 6 atom stereocenters. The summed E-state index contributed by atoms with van der Waals surface area (Å²) >= 11 is 0. The van der Waals surface area contributed by atoms with Gasteiger partial charge in [0.15, 0.2) is 0 Å². The molecule has 0 aromatic rings. The number of urea groups is 1. The summed E-state index contributed by atoms with van der Waals surface area (Å²) in [6.45, 7) is 13.9. The van der Waals surface area contributed by atoms with Crippen LogP contribution in [-0.4, -0.2) is 84.5 Å². The van der Waals surface area contributed by atoms with Gasteiger partial charge in [-0.1, -0.05) is 61.3 Å². The first kappa shape index (κ1) is 34.5.